The van der Waals surface area contributed by atoms with Crippen LogP contribution in [0.25, 0.3) is 0 Å². The van der Waals surface area contributed by atoms with Gasteiger partial charge in [-0.2, -0.15) is 5.10 Å². The second-order valence-corrected chi connectivity index (χ2v) is 3.65. The van der Waals surface area contributed by atoms with Crippen molar-refractivity contribution in [2.45, 2.75) is 26.8 Å². The average Bonchev–Trinajstić information content (AvgIpc) is 2.77. The molecule has 2 heterocycles. The molecule has 6 heteroatoms. The van der Waals surface area contributed by atoms with E-state index in [0.717, 1.165) is 17.2 Å². The highest BCUT2D eigenvalue weighted by atomic mass is 15.3. The van der Waals surface area contributed by atoms with E-state index in [9.17, 15) is 0 Å². The van der Waals surface area contributed by atoms with Crippen molar-refractivity contribution in [2.24, 2.45) is 0 Å². The summed E-state index contributed by atoms with van der Waals surface area (Å²) in [4.78, 5) is 11.5. The Morgan fingerprint density at radius 2 is 2.06 bits per heavy atom. The quantitative estimate of drug-likeness (QED) is 0.813. The van der Waals surface area contributed by atoms with Crippen molar-refractivity contribution in [1.29, 1.82) is 0 Å². The van der Waals surface area contributed by atoms with Crippen LogP contribution in [0.2, 0.25) is 0 Å². The molecule has 0 spiro atoms. The molecule has 0 aliphatic carbocycles. The van der Waals surface area contributed by atoms with Gasteiger partial charge in [0, 0.05) is 12.4 Å². The molecule has 0 radical (unpaired) electrons. The van der Waals surface area contributed by atoms with E-state index in [-0.39, 0.29) is 6.04 Å². The second kappa shape index (κ2) is 4.26. The summed E-state index contributed by atoms with van der Waals surface area (Å²) in [5, 5.41) is 11.1. The van der Waals surface area contributed by atoms with Gasteiger partial charge in [-0.1, -0.05) is 0 Å². The smallest absolute Gasteiger partial charge is 0.243 e. The van der Waals surface area contributed by atoms with Crippen LogP contribution in [-0.4, -0.2) is 25.1 Å². The van der Waals surface area contributed by atoms with Gasteiger partial charge in [-0.25, -0.2) is 9.97 Å². The zero-order valence-corrected chi connectivity index (χ0v) is 9.52. The predicted octanol–water partition coefficient (Wildman–Crippen LogP) is 1.38. The van der Waals surface area contributed by atoms with Crippen LogP contribution in [0.15, 0.2) is 12.4 Å². The Kier molecular flexibility index (Phi) is 2.80. The third kappa shape index (κ3) is 2.16. The van der Waals surface area contributed by atoms with E-state index in [1.165, 1.54) is 0 Å². The van der Waals surface area contributed by atoms with Gasteiger partial charge in [0.2, 0.25) is 5.95 Å². The SMILES string of the molecule is Cc1nnc(NC(C)c2ncc[nH]2)nc1C. The first-order valence-electron chi connectivity index (χ1n) is 5.10. The highest BCUT2D eigenvalue weighted by molar-refractivity contribution is 5.27. The van der Waals surface area contributed by atoms with Crippen molar-refractivity contribution < 1.29 is 0 Å². The van der Waals surface area contributed by atoms with E-state index >= 15 is 0 Å². The number of hydrogen-bond acceptors (Lipinski definition) is 5. The minimum atomic E-state index is 0.0268. The summed E-state index contributed by atoms with van der Waals surface area (Å²) in [5.41, 5.74) is 1.72. The molecule has 16 heavy (non-hydrogen) atoms. The summed E-state index contributed by atoms with van der Waals surface area (Å²) in [6, 6.07) is 0.0268. The molecule has 0 amide bonds. The molecule has 6 nitrogen and oxygen atoms in total. The lowest BCUT2D eigenvalue weighted by Gasteiger charge is -2.11. The molecule has 0 saturated heterocycles. The molecule has 0 aromatic carbocycles. The van der Waals surface area contributed by atoms with E-state index in [0.29, 0.717) is 5.95 Å². The molecule has 2 aromatic heterocycles. The second-order valence-electron chi connectivity index (χ2n) is 3.65. The van der Waals surface area contributed by atoms with Gasteiger partial charge in [-0.3, -0.25) is 0 Å². The Morgan fingerprint density at radius 3 is 2.69 bits per heavy atom. The van der Waals surface area contributed by atoms with Crippen LogP contribution in [0.5, 0.6) is 0 Å². The Balaban J connectivity index is 2.12. The highest BCUT2D eigenvalue weighted by Gasteiger charge is 2.09. The first-order chi connectivity index (χ1) is 7.66. The van der Waals surface area contributed by atoms with Gasteiger partial charge >= 0.3 is 0 Å². The maximum absolute atomic E-state index is 4.30. The predicted molar refractivity (Wildman–Crippen MR) is 59.9 cm³/mol. The molecule has 84 valence electrons. The van der Waals surface area contributed by atoms with Crippen LogP contribution in [0.3, 0.4) is 0 Å². The van der Waals surface area contributed by atoms with E-state index in [2.05, 4.69) is 30.5 Å². The van der Waals surface area contributed by atoms with Gasteiger partial charge in [-0.15, -0.1) is 5.10 Å². The summed E-state index contributed by atoms with van der Waals surface area (Å²) < 4.78 is 0. The molecular weight excluding hydrogens is 204 g/mol. The highest BCUT2D eigenvalue weighted by Crippen LogP contribution is 2.12. The number of H-pyrrole nitrogens is 1. The first-order valence-corrected chi connectivity index (χ1v) is 5.10. The zero-order valence-electron chi connectivity index (χ0n) is 9.52. The molecule has 0 fully saturated rings. The Bertz CT molecular complexity index is 464. The molecule has 1 atom stereocenters. The lowest BCUT2D eigenvalue weighted by molar-refractivity contribution is 0.777. The topological polar surface area (TPSA) is 79.4 Å². The van der Waals surface area contributed by atoms with Crippen molar-refractivity contribution in [3.8, 4) is 0 Å². The van der Waals surface area contributed by atoms with Crippen LogP contribution in [0, 0.1) is 13.8 Å². The van der Waals surface area contributed by atoms with Gasteiger partial charge in [0.15, 0.2) is 0 Å². The Morgan fingerprint density at radius 1 is 1.25 bits per heavy atom. The summed E-state index contributed by atoms with van der Waals surface area (Å²) in [5.74, 6) is 1.37. The molecule has 2 rings (SSSR count). The Labute approximate surface area is 93.6 Å². The zero-order chi connectivity index (χ0) is 11.5. The minimum absolute atomic E-state index is 0.0268. The van der Waals surface area contributed by atoms with Crippen molar-refractivity contribution in [3.63, 3.8) is 0 Å². The van der Waals surface area contributed by atoms with Crippen LogP contribution in [0.1, 0.15) is 30.2 Å². The standard InChI is InChI=1S/C10H14N6/c1-6-7(2)15-16-10(13-6)14-8(3)9-11-4-5-12-9/h4-5,8H,1-3H3,(H,11,12)(H,13,14,16). The molecule has 2 N–H and O–H groups in total. The maximum atomic E-state index is 4.30. The minimum Gasteiger partial charge on any atom is -0.347 e. The summed E-state index contributed by atoms with van der Waals surface area (Å²) >= 11 is 0. The van der Waals surface area contributed by atoms with E-state index in [1.807, 2.05) is 20.8 Å². The molecular formula is C10H14N6. The van der Waals surface area contributed by atoms with Crippen LogP contribution < -0.4 is 5.32 Å². The van der Waals surface area contributed by atoms with Crippen LogP contribution in [0.4, 0.5) is 5.95 Å². The molecule has 0 bridgehead atoms. The number of hydrogen-bond donors (Lipinski definition) is 2. The number of anilines is 1. The van der Waals surface area contributed by atoms with E-state index < -0.39 is 0 Å². The molecule has 0 saturated carbocycles. The molecule has 0 aliphatic heterocycles. The number of aromatic amines is 1. The number of aromatic nitrogens is 5. The number of nitrogens with one attached hydrogen (secondary N) is 2. The van der Waals surface area contributed by atoms with Gasteiger partial charge in [0.1, 0.15) is 5.82 Å². The van der Waals surface area contributed by atoms with E-state index in [4.69, 9.17) is 0 Å². The van der Waals surface area contributed by atoms with Crippen molar-refractivity contribution in [2.75, 3.05) is 5.32 Å². The maximum Gasteiger partial charge on any atom is 0.243 e. The van der Waals surface area contributed by atoms with Crippen LogP contribution in [-0.2, 0) is 0 Å². The van der Waals surface area contributed by atoms with E-state index in [1.54, 1.807) is 12.4 Å². The van der Waals surface area contributed by atoms with Crippen molar-refractivity contribution in [3.05, 3.63) is 29.6 Å². The first kappa shape index (κ1) is 10.5. The number of nitrogens with zero attached hydrogens (tertiary/aromatic N) is 4. The fraction of sp³-hybridized carbons (Fsp3) is 0.400. The third-order valence-corrected chi connectivity index (χ3v) is 2.37. The largest absolute Gasteiger partial charge is 0.347 e. The summed E-state index contributed by atoms with van der Waals surface area (Å²) in [6.45, 7) is 5.78. The molecule has 1 unspecified atom stereocenters. The van der Waals surface area contributed by atoms with Gasteiger partial charge in [-0.05, 0) is 20.8 Å². The van der Waals surface area contributed by atoms with Gasteiger partial charge in [0.05, 0.1) is 17.4 Å². The summed E-state index contributed by atoms with van der Waals surface area (Å²) in [7, 11) is 0. The lowest BCUT2D eigenvalue weighted by atomic mass is 10.3. The molecule has 0 aliphatic rings. The number of imidazole rings is 1. The Hall–Kier alpha value is -1.98. The number of rotatable bonds is 3. The number of aryl methyl sites for hydroxylation is 2. The lowest BCUT2D eigenvalue weighted by Crippen LogP contribution is -2.12. The van der Waals surface area contributed by atoms with Gasteiger partial charge in [0.25, 0.3) is 0 Å². The van der Waals surface area contributed by atoms with Crippen molar-refractivity contribution in [1.82, 2.24) is 25.1 Å². The normalized spacial score (nSPS) is 12.4. The fourth-order valence-electron chi connectivity index (χ4n) is 1.29. The monoisotopic (exact) mass is 218 g/mol. The van der Waals surface area contributed by atoms with Crippen molar-refractivity contribution >= 4 is 5.95 Å². The summed E-state index contributed by atoms with van der Waals surface area (Å²) in [6.07, 6.45) is 3.50. The average molecular weight is 218 g/mol. The molecule has 2 aromatic rings. The fourth-order valence-corrected chi connectivity index (χ4v) is 1.29. The third-order valence-electron chi connectivity index (χ3n) is 2.37. The van der Waals surface area contributed by atoms with Crippen LogP contribution >= 0.6 is 0 Å². The van der Waals surface area contributed by atoms with Gasteiger partial charge < -0.3 is 10.3 Å².